The van der Waals surface area contributed by atoms with E-state index in [1.165, 1.54) is 70.6 Å². The van der Waals surface area contributed by atoms with Crippen LogP contribution >= 0.6 is 0 Å². The Hall–Kier alpha value is -1.60. The summed E-state index contributed by atoms with van der Waals surface area (Å²) in [6.07, 6.45) is 17.8. The number of rotatable bonds is 3. The molecule has 0 aliphatic heterocycles. The number of fused-ring (bicyclic) bond motifs is 3. The Labute approximate surface area is 279 Å². The molecule has 6 aliphatic carbocycles. The molecule has 218 valence electrons. The van der Waals surface area contributed by atoms with Crippen LogP contribution in [0, 0.1) is 47.0 Å². The van der Waals surface area contributed by atoms with Crippen LogP contribution in [0.4, 0.5) is 4.39 Å². The molecule has 3 aromatic rings. The molecule has 0 spiro atoms. The molecule has 0 heterocycles. The van der Waals surface area contributed by atoms with Gasteiger partial charge < -0.3 is 24.8 Å². The smallest absolute Gasteiger partial charge is 0.0253 e. The van der Waals surface area contributed by atoms with E-state index >= 15 is 0 Å². The van der Waals surface area contributed by atoms with Crippen molar-refractivity contribution in [2.75, 3.05) is 0 Å². The van der Waals surface area contributed by atoms with E-state index in [2.05, 4.69) is 68.5 Å². The molecule has 0 aromatic heterocycles. The first kappa shape index (κ1) is 33.3. The molecule has 1 atom stereocenters. The van der Waals surface area contributed by atoms with Gasteiger partial charge >= 0.3 is 68.0 Å². The van der Waals surface area contributed by atoms with Gasteiger partial charge in [-0.2, -0.15) is 41.5 Å². The van der Waals surface area contributed by atoms with Crippen molar-refractivity contribution in [3.05, 3.63) is 119 Å². The van der Waals surface area contributed by atoms with Crippen LogP contribution in [-0.4, -0.2) is 3.71 Å². The summed E-state index contributed by atoms with van der Waals surface area (Å²) in [6.45, 7) is 4.55. The van der Waals surface area contributed by atoms with Crippen LogP contribution < -0.4 is 24.8 Å². The molecular weight excluding hydrogens is 638 g/mol. The van der Waals surface area contributed by atoms with Crippen molar-refractivity contribution in [2.45, 2.75) is 65.2 Å². The normalized spacial score (nSPS) is 27.0. The molecule has 0 nitrogen and oxygen atoms in total. The van der Waals surface area contributed by atoms with Gasteiger partial charge in [0.05, 0.1) is 0 Å². The van der Waals surface area contributed by atoms with Crippen molar-refractivity contribution in [3.8, 4) is 11.1 Å². The van der Waals surface area contributed by atoms with Crippen molar-refractivity contribution in [2.24, 2.45) is 29.1 Å². The van der Waals surface area contributed by atoms with E-state index in [4.69, 9.17) is 0 Å². The number of hydrogen-bond donors (Lipinski definition) is 0. The Morgan fingerprint density at radius 3 is 2.10 bits per heavy atom. The van der Waals surface area contributed by atoms with Crippen molar-refractivity contribution >= 4 is 3.71 Å². The molecule has 4 fully saturated rings. The molecule has 0 amide bonds. The summed E-state index contributed by atoms with van der Waals surface area (Å²) in [6, 6.07) is 24.6. The van der Waals surface area contributed by atoms with Gasteiger partial charge in [-0.25, -0.2) is 5.57 Å². The first-order chi connectivity index (χ1) is 19.4. The topological polar surface area (TPSA) is 0 Å². The Bertz CT molecular complexity index is 1360. The first-order valence-corrected chi connectivity index (χ1v) is 16.5. The SMILES string of the molecule is CC1=[C-]C(C)C=C1CC12CC3CC(CC(C3)C1)C2.Fc1ccc([CH]=[Zr+2])cc1.[Cl-].[Cl-].[c-]1cccc2c1Cc1ccccc1-2. The third kappa shape index (κ3) is 7.54. The standard InChI is InChI=1S/C18H25.C13H9.C7H5F.2ClH.Zr/c1-12-3-13(2)17(4-12)11-18-8-14-5-15(9-18)7-16(6-14)10-18;1-3-7-12-10(5-1)9-11-6-2-4-8-13(11)12;1-6-2-4-7(8)5-3-6;;;/h4,12,14-16H,5-11H2,1-2H3;1-5,7-8H,9H2;1-5H;2*1H;/q2*-1;;;;+2/p-2. The Morgan fingerprint density at radius 2 is 1.50 bits per heavy atom. The van der Waals surface area contributed by atoms with Crippen molar-refractivity contribution in [3.63, 3.8) is 0 Å². The molecule has 9 rings (SSSR count). The minimum Gasteiger partial charge on any atom is -1.00 e. The van der Waals surface area contributed by atoms with E-state index in [0.717, 1.165) is 29.7 Å². The molecule has 1 unspecified atom stereocenters. The van der Waals surface area contributed by atoms with E-state index < -0.39 is 0 Å². The van der Waals surface area contributed by atoms with Crippen molar-refractivity contribution < 1.29 is 53.4 Å². The molecule has 3 aromatic carbocycles. The van der Waals surface area contributed by atoms with Gasteiger partial charge in [-0.05, 0) is 68.1 Å². The van der Waals surface area contributed by atoms with Gasteiger partial charge in [-0.15, -0.1) is 5.56 Å². The maximum atomic E-state index is 12.2. The van der Waals surface area contributed by atoms with Gasteiger partial charge in [0.1, 0.15) is 0 Å². The Balaban J connectivity index is 0.000000150. The van der Waals surface area contributed by atoms with E-state index in [1.807, 2.05) is 9.78 Å². The molecule has 4 heteroatoms. The summed E-state index contributed by atoms with van der Waals surface area (Å²) >= 11 is 1.34. The van der Waals surface area contributed by atoms with E-state index in [9.17, 15) is 4.39 Å². The number of allylic oxidation sites excluding steroid dienone is 4. The molecule has 4 saturated carbocycles. The van der Waals surface area contributed by atoms with Gasteiger partial charge in [-0.1, -0.05) is 61.6 Å². The maximum absolute atomic E-state index is 12.2. The Kier molecular flexibility index (Phi) is 11.5. The molecule has 4 bridgehead atoms. The molecule has 42 heavy (non-hydrogen) atoms. The van der Waals surface area contributed by atoms with Gasteiger partial charge in [0.15, 0.2) is 0 Å². The number of halogens is 3. The fourth-order valence-corrected chi connectivity index (χ4v) is 9.03. The second kappa shape index (κ2) is 14.5. The monoisotopic (exact) mass is 674 g/mol. The Morgan fingerprint density at radius 1 is 0.881 bits per heavy atom. The van der Waals surface area contributed by atoms with E-state index in [1.54, 1.807) is 56.2 Å². The van der Waals surface area contributed by atoms with Gasteiger partial charge in [-0.3, -0.25) is 6.08 Å². The fourth-order valence-electron chi connectivity index (χ4n) is 8.56. The van der Waals surface area contributed by atoms with E-state index in [-0.39, 0.29) is 30.6 Å². The average molecular weight is 677 g/mol. The van der Waals surface area contributed by atoms with Crippen molar-refractivity contribution in [1.29, 1.82) is 0 Å². The number of benzene rings is 3. The van der Waals surface area contributed by atoms with Gasteiger partial charge in [0.2, 0.25) is 0 Å². The largest absolute Gasteiger partial charge is 1.00 e. The van der Waals surface area contributed by atoms with Crippen LogP contribution in [-0.2, 0) is 30.7 Å². The van der Waals surface area contributed by atoms with Crippen LogP contribution in [0.15, 0.2) is 84.0 Å². The van der Waals surface area contributed by atoms with Crippen LogP contribution in [0.5, 0.6) is 0 Å². The summed E-state index contributed by atoms with van der Waals surface area (Å²) in [5.74, 6) is 3.65. The summed E-state index contributed by atoms with van der Waals surface area (Å²) < 4.78 is 14.2. The first-order valence-electron chi connectivity index (χ1n) is 15.0. The molecule has 0 N–H and O–H groups in total. The average Bonchev–Trinajstić information content (AvgIpc) is 3.47. The zero-order valence-corrected chi connectivity index (χ0v) is 28.6. The molecule has 6 aliphatic rings. The summed E-state index contributed by atoms with van der Waals surface area (Å²) in [4.78, 5) is 0. The predicted molar refractivity (Wildman–Crippen MR) is 160 cm³/mol. The van der Waals surface area contributed by atoms with Crippen LogP contribution in [0.2, 0.25) is 0 Å². The minimum absolute atomic E-state index is 0. The zero-order valence-electron chi connectivity index (χ0n) is 24.6. The second-order valence-electron chi connectivity index (χ2n) is 12.9. The zero-order chi connectivity index (χ0) is 27.7. The fraction of sp³-hybridized carbons (Fsp3) is 0.395. The maximum Gasteiger partial charge on any atom is -0.0253 e. The predicted octanol–water partition coefficient (Wildman–Crippen LogP) is 3.51. The minimum atomic E-state index is -0.170. The van der Waals surface area contributed by atoms with E-state index in [0.29, 0.717) is 11.3 Å². The summed E-state index contributed by atoms with van der Waals surface area (Å²) in [5, 5.41) is 0. The summed E-state index contributed by atoms with van der Waals surface area (Å²) in [5.41, 5.74) is 10.4. The van der Waals surface area contributed by atoms with Crippen LogP contribution in [0.1, 0.15) is 75.5 Å². The van der Waals surface area contributed by atoms with Gasteiger partial charge in [0, 0.05) is 0 Å². The van der Waals surface area contributed by atoms with Crippen LogP contribution in [0.25, 0.3) is 11.1 Å². The van der Waals surface area contributed by atoms with Crippen molar-refractivity contribution in [1.82, 2.24) is 0 Å². The van der Waals surface area contributed by atoms with Crippen LogP contribution in [0.3, 0.4) is 0 Å². The third-order valence-corrected chi connectivity index (χ3v) is 10.6. The molecular formula is C38H39Cl2FZr-2. The number of hydrogen-bond acceptors (Lipinski definition) is 0. The quantitative estimate of drug-likeness (QED) is 0.292. The second-order valence-corrected chi connectivity index (χ2v) is 13.6. The molecule has 0 radical (unpaired) electrons. The third-order valence-electron chi connectivity index (χ3n) is 9.76. The molecule has 0 saturated heterocycles. The van der Waals surface area contributed by atoms with Gasteiger partial charge in [0.25, 0.3) is 0 Å². The summed E-state index contributed by atoms with van der Waals surface area (Å²) in [7, 11) is 0.